The van der Waals surface area contributed by atoms with Gasteiger partial charge in [0.25, 0.3) is 0 Å². The SMILES string of the molecule is CCCCc1nc2c(N)nc3cc(C(C)C)ccc3c2n1Cc1cc(OP(O)O)ccc1OP(=O)(O)O. The molecule has 0 fully saturated rings. The minimum atomic E-state index is -4.88. The number of imidazole rings is 1. The Labute approximate surface area is 215 Å². The van der Waals surface area contributed by atoms with E-state index in [1.807, 2.05) is 22.8 Å². The van der Waals surface area contributed by atoms with Gasteiger partial charge in [-0.3, -0.25) is 9.79 Å². The van der Waals surface area contributed by atoms with Crippen molar-refractivity contribution in [1.29, 1.82) is 0 Å². The number of benzene rings is 2. The van der Waals surface area contributed by atoms with Crippen LogP contribution in [0.5, 0.6) is 11.5 Å². The lowest BCUT2D eigenvalue weighted by atomic mass is 10.0. The first kappa shape index (κ1) is 27.3. The molecular formula is C24H30N4O7P2. The number of nitrogens with two attached hydrogens (primary N) is 1. The first-order chi connectivity index (χ1) is 17.5. The normalized spacial score (nSPS) is 12.2. The average Bonchev–Trinajstić information content (AvgIpc) is 3.16. The third-order valence-electron chi connectivity index (χ3n) is 5.99. The van der Waals surface area contributed by atoms with Gasteiger partial charge in [-0.05, 0) is 42.2 Å². The number of fused-ring (bicyclic) bond motifs is 3. The summed E-state index contributed by atoms with van der Waals surface area (Å²) in [7, 11) is -7.57. The maximum atomic E-state index is 11.7. The number of hydrogen-bond donors (Lipinski definition) is 5. The van der Waals surface area contributed by atoms with Crippen molar-refractivity contribution >= 4 is 44.2 Å². The molecule has 0 saturated carbocycles. The van der Waals surface area contributed by atoms with E-state index >= 15 is 0 Å². The predicted molar refractivity (Wildman–Crippen MR) is 142 cm³/mol. The van der Waals surface area contributed by atoms with Crippen LogP contribution in [0, 0.1) is 0 Å². The highest BCUT2D eigenvalue weighted by molar-refractivity contribution is 7.46. The number of pyridine rings is 1. The highest BCUT2D eigenvalue weighted by Gasteiger charge is 2.23. The molecule has 2 aromatic carbocycles. The lowest BCUT2D eigenvalue weighted by Gasteiger charge is -2.17. The van der Waals surface area contributed by atoms with Crippen LogP contribution in [0.1, 0.15) is 56.5 Å². The van der Waals surface area contributed by atoms with Crippen molar-refractivity contribution in [3.05, 3.63) is 53.3 Å². The summed E-state index contributed by atoms with van der Waals surface area (Å²) in [6.45, 7) is 6.36. The number of nitrogen functional groups attached to an aromatic ring is 1. The Morgan fingerprint density at radius 1 is 1.14 bits per heavy atom. The number of phosphoric ester groups is 1. The van der Waals surface area contributed by atoms with Gasteiger partial charge >= 0.3 is 16.4 Å². The van der Waals surface area contributed by atoms with E-state index in [4.69, 9.17) is 19.8 Å². The van der Waals surface area contributed by atoms with E-state index in [-0.39, 0.29) is 23.9 Å². The van der Waals surface area contributed by atoms with E-state index in [9.17, 15) is 24.1 Å². The van der Waals surface area contributed by atoms with Crippen molar-refractivity contribution in [3.8, 4) is 11.5 Å². The van der Waals surface area contributed by atoms with Crippen molar-refractivity contribution in [1.82, 2.24) is 14.5 Å². The smallest absolute Gasteiger partial charge is 0.427 e. The molecule has 2 heterocycles. The molecule has 0 atom stereocenters. The molecule has 0 bridgehead atoms. The molecule has 11 nitrogen and oxygen atoms in total. The van der Waals surface area contributed by atoms with Crippen molar-refractivity contribution < 1.29 is 33.2 Å². The van der Waals surface area contributed by atoms with Crippen LogP contribution in [0.25, 0.3) is 21.9 Å². The van der Waals surface area contributed by atoms with Gasteiger partial charge in [-0.25, -0.2) is 14.5 Å². The summed E-state index contributed by atoms with van der Waals surface area (Å²) in [5, 5.41) is 0.836. The topological polar surface area (TPSA) is 173 Å². The number of unbranched alkanes of at least 4 members (excludes halogenated alkanes) is 1. The predicted octanol–water partition coefficient (Wildman–Crippen LogP) is 4.74. The van der Waals surface area contributed by atoms with E-state index in [2.05, 4.69) is 25.8 Å². The summed E-state index contributed by atoms with van der Waals surface area (Å²) < 4.78 is 23.6. The third kappa shape index (κ3) is 6.21. The number of phosphoric acid groups is 1. The standard InChI is InChI=1S/C24H30N4O7P2/c1-4-5-6-21-27-22-23(18-9-7-15(14(2)3)12-19(18)26-24(22)25)28(21)13-16-11-17(34-36(29)30)8-10-20(16)35-37(31,32)33/h7-12,14,29-30H,4-6,13H2,1-3H3,(H2,25,26)(H2,31,32,33). The molecule has 198 valence electrons. The van der Waals surface area contributed by atoms with Gasteiger partial charge in [-0.1, -0.05) is 39.3 Å². The second-order valence-electron chi connectivity index (χ2n) is 9.04. The van der Waals surface area contributed by atoms with Gasteiger partial charge in [0, 0.05) is 17.4 Å². The van der Waals surface area contributed by atoms with Crippen LogP contribution in [-0.4, -0.2) is 34.1 Å². The first-order valence-corrected chi connectivity index (χ1v) is 14.5. The maximum absolute atomic E-state index is 11.7. The summed E-state index contributed by atoms with van der Waals surface area (Å²) >= 11 is 0. The van der Waals surface area contributed by atoms with Crippen LogP contribution >= 0.6 is 16.4 Å². The van der Waals surface area contributed by atoms with Gasteiger partial charge in [0.15, 0.2) is 5.82 Å². The molecular weight excluding hydrogens is 518 g/mol. The summed E-state index contributed by atoms with van der Waals surface area (Å²) in [6.07, 6.45) is 2.43. The molecule has 2 aromatic heterocycles. The fourth-order valence-electron chi connectivity index (χ4n) is 4.25. The first-order valence-electron chi connectivity index (χ1n) is 11.8. The number of rotatable bonds is 10. The molecule has 0 aliphatic heterocycles. The highest BCUT2D eigenvalue weighted by atomic mass is 31.2. The largest absolute Gasteiger partial charge is 0.524 e. The van der Waals surface area contributed by atoms with Crippen molar-refractivity contribution in [2.45, 2.75) is 52.5 Å². The van der Waals surface area contributed by atoms with Crippen LogP contribution in [0.15, 0.2) is 36.4 Å². The molecule has 0 unspecified atom stereocenters. The van der Waals surface area contributed by atoms with Gasteiger partial charge in [-0.2, -0.15) is 0 Å². The molecule has 37 heavy (non-hydrogen) atoms. The molecule has 0 aliphatic rings. The van der Waals surface area contributed by atoms with Crippen LogP contribution in [0.4, 0.5) is 5.82 Å². The minimum absolute atomic E-state index is 0.0717. The number of aryl methyl sites for hydroxylation is 1. The Morgan fingerprint density at radius 2 is 1.89 bits per heavy atom. The third-order valence-corrected chi connectivity index (χ3v) is 6.80. The Hall–Kier alpha value is -2.78. The zero-order valence-electron chi connectivity index (χ0n) is 20.7. The van der Waals surface area contributed by atoms with E-state index < -0.39 is 16.4 Å². The average molecular weight is 548 g/mol. The monoisotopic (exact) mass is 548 g/mol. The minimum Gasteiger partial charge on any atom is -0.427 e. The van der Waals surface area contributed by atoms with Crippen LogP contribution in [-0.2, 0) is 17.5 Å². The lowest BCUT2D eigenvalue weighted by Crippen LogP contribution is -2.08. The van der Waals surface area contributed by atoms with Crippen LogP contribution < -0.4 is 14.8 Å². The van der Waals surface area contributed by atoms with Crippen molar-refractivity contribution in [3.63, 3.8) is 0 Å². The molecule has 13 heteroatoms. The second-order valence-corrected chi connectivity index (χ2v) is 10.9. The van der Waals surface area contributed by atoms with E-state index in [0.717, 1.165) is 40.6 Å². The van der Waals surface area contributed by atoms with Gasteiger partial charge in [0.2, 0.25) is 0 Å². The van der Waals surface area contributed by atoms with Crippen LogP contribution in [0.2, 0.25) is 0 Å². The number of aromatic nitrogens is 3. The zero-order chi connectivity index (χ0) is 26.9. The summed E-state index contributed by atoms with van der Waals surface area (Å²) in [4.78, 5) is 46.9. The zero-order valence-corrected chi connectivity index (χ0v) is 22.5. The lowest BCUT2D eigenvalue weighted by molar-refractivity contribution is 0.281. The summed E-state index contributed by atoms with van der Waals surface area (Å²) in [5.74, 6) is 1.35. The van der Waals surface area contributed by atoms with E-state index in [1.54, 1.807) is 0 Å². The Morgan fingerprint density at radius 3 is 2.54 bits per heavy atom. The molecule has 0 radical (unpaired) electrons. The number of nitrogens with zero attached hydrogens (tertiary/aromatic N) is 3. The molecule has 6 N–H and O–H groups in total. The van der Waals surface area contributed by atoms with Gasteiger partial charge < -0.3 is 29.1 Å². The van der Waals surface area contributed by atoms with Crippen LogP contribution in [0.3, 0.4) is 0 Å². The molecule has 0 amide bonds. The Kier molecular flexibility index (Phi) is 8.04. The maximum Gasteiger partial charge on any atom is 0.524 e. The van der Waals surface area contributed by atoms with E-state index in [0.29, 0.717) is 23.4 Å². The van der Waals surface area contributed by atoms with Gasteiger partial charge in [0.1, 0.15) is 22.8 Å². The van der Waals surface area contributed by atoms with E-state index in [1.165, 1.54) is 18.2 Å². The summed E-state index contributed by atoms with van der Waals surface area (Å²) in [5.41, 5.74) is 9.81. The molecule has 0 aliphatic carbocycles. The molecule has 4 rings (SSSR count). The Balaban J connectivity index is 1.95. The second kappa shape index (κ2) is 10.9. The quantitative estimate of drug-likeness (QED) is 0.174. The highest BCUT2D eigenvalue weighted by Crippen LogP contribution is 2.42. The van der Waals surface area contributed by atoms with Gasteiger partial charge in [-0.15, -0.1) is 0 Å². The number of hydrogen-bond acceptors (Lipinski definition) is 8. The Bertz CT molecular complexity index is 1480. The summed E-state index contributed by atoms with van der Waals surface area (Å²) in [6, 6.07) is 10.1. The fourth-order valence-corrected chi connectivity index (χ4v) is 4.98. The number of anilines is 1. The van der Waals surface area contributed by atoms with Crippen molar-refractivity contribution in [2.24, 2.45) is 0 Å². The molecule has 4 aromatic rings. The molecule has 0 saturated heterocycles. The van der Waals surface area contributed by atoms with Crippen molar-refractivity contribution in [2.75, 3.05) is 5.73 Å². The fraction of sp³-hybridized carbons (Fsp3) is 0.333. The van der Waals surface area contributed by atoms with Gasteiger partial charge in [0.05, 0.1) is 17.6 Å². The molecule has 0 spiro atoms.